The smallest absolute Gasteiger partial charge is 0.254 e. The number of hydrogen-bond donors (Lipinski definition) is 3. The number of rotatable bonds is 9. The summed E-state index contributed by atoms with van der Waals surface area (Å²) < 4.78 is 19.8. The minimum atomic E-state index is -0.615. The number of aliphatic hydroxyl groups excluding tert-OH is 1. The van der Waals surface area contributed by atoms with Crippen LogP contribution >= 0.6 is 0 Å². The summed E-state index contributed by atoms with van der Waals surface area (Å²) in [6, 6.07) is 4.87. The highest BCUT2D eigenvalue weighted by Crippen LogP contribution is 2.29. The number of ether oxygens (including phenoxy) is 1. The van der Waals surface area contributed by atoms with E-state index in [9.17, 15) is 9.18 Å². The topological polar surface area (TPSA) is 70.6 Å². The third kappa shape index (κ3) is 7.76. The lowest BCUT2D eigenvalue weighted by Crippen LogP contribution is -2.40. The Balaban J connectivity index is 1.73. The average molecular weight is 395 g/mol. The van der Waals surface area contributed by atoms with Gasteiger partial charge >= 0.3 is 0 Å². The summed E-state index contributed by atoms with van der Waals surface area (Å²) in [5.74, 6) is 0.00352. The van der Waals surface area contributed by atoms with E-state index in [-0.39, 0.29) is 18.7 Å². The van der Waals surface area contributed by atoms with Crippen molar-refractivity contribution in [3.8, 4) is 5.75 Å². The maximum Gasteiger partial charge on any atom is 0.254 e. The van der Waals surface area contributed by atoms with Gasteiger partial charge in [-0.3, -0.25) is 4.79 Å². The van der Waals surface area contributed by atoms with Crippen molar-refractivity contribution >= 4 is 5.91 Å². The number of aliphatic hydroxyl groups is 1. The molecule has 0 bridgehead atoms. The van der Waals surface area contributed by atoms with Gasteiger partial charge < -0.3 is 20.5 Å². The van der Waals surface area contributed by atoms with Crippen LogP contribution in [0.15, 0.2) is 18.2 Å². The second-order valence-electron chi connectivity index (χ2n) is 8.92. The van der Waals surface area contributed by atoms with E-state index in [2.05, 4.69) is 31.4 Å². The Hall–Kier alpha value is -1.66. The zero-order chi connectivity index (χ0) is 20.6. The first-order valence-corrected chi connectivity index (χ1v) is 10.3. The molecule has 0 aromatic heterocycles. The fraction of sp³-hybridized carbons (Fsp3) is 0.682. The van der Waals surface area contributed by atoms with E-state index < -0.39 is 11.7 Å². The fourth-order valence-corrected chi connectivity index (χ4v) is 3.85. The maximum atomic E-state index is 14.1. The molecule has 1 aromatic carbocycles. The van der Waals surface area contributed by atoms with Crippen molar-refractivity contribution in [3.05, 3.63) is 29.6 Å². The van der Waals surface area contributed by atoms with Gasteiger partial charge in [-0.25, -0.2) is 4.39 Å². The fourth-order valence-electron chi connectivity index (χ4n) is 3.85. The van der Waals surface area contributed by atoms with Gasteiger partial charge in [0.15, 0.2) is 0 Å². The van der Waals surface area contributed by atoms with Gasteiger partial charge in [0.25, 0.3) is 5.91 Å². The molecule has 2 unspecified atom stereocenters. The molecule has 0 radical (unpaired) electrons. The summed E-state index contributed by atoms with van der Waals surface area (Å²) in [5.41, 5.74) is 0.300. The van der Waals surface area contributed by atoms with E-state index in [1.165, 1.54) is 31.4 Å². The van der Waals surface area contributed by atoms with Crippen molar-refractivity contribution in [2.45, 2.75) is 58.9 Å². The number of hydrogen-bond acceptors (Lipinski definition) is 4. The van der Waals surface area contributed by atoms with E-state index in [0.29, 0.717) is 29.7 Å². The molecule has 2 rings (SSSR count). The molecule has 1 heterocycles. The number of amides is 1. The van der Waals surface area contributed by atoms with Gasteiger partial charge in [-0.05, 0) is 62.1 Å². The number of carbonyl (C=O) groups excluding carboxylic acids is 1. The molecule has 3 N–H and O–H groups in total. The van der Waals surface area contributed by atoms with Crippen LogP contribution in [0.3, 0.4) is 0 Å². The third-order valence-electron chi connectivity index (χ3n) is 5.07. The minimum Gasteiger partial charge on any atom is -0.493 e. The largest absolute Gasteiger partial charge is 0.493 e. The quantitative estimate of drug-likeness (QED) is 0.561. The van der Waals surface area contributed by atoms with Crippen molar-refractivity contribution < 1.29 is 19.0 Å². The number of halogens is 1. The van der Waals surface area contributed by atoms with Crippen LogP contribution in [0.2, 0.25) is 0 Å². The van der Waals surface area contributed by atoms with Crippen LogP contribution in [0.1, 0.15) is 63.2 Å². The van der Waals surface area contributed by atoms with Gasteiger partial charge in [0.1, 0.15) is 11.6 Å². The van der Waals surface area contributed by atoms with Crippen LogP contribution in [0.4, 0.5) is 4.39 Å². The third-order valence-corrected chi connectivity index (χ3v) is 5.07. The molecular weight excluding hydrogens is 359 g/mol. The Morgan fingerprint density at radius 2 is 2.18 bits per heavy atom. The average Bonchev–Trinajstić information content (AvgIpc) is 2.62. The zero-order valence-electron chi connectivity index (χ0n) is 17.4. The predicted molar refractivity (Wildman–Crippen MR) is 109 cm³/mol. The molecule has 158 valence electrons. The number of piperidine rings is 1. The van der Waals surface area contributed by atoms with E-state index >= 15 is 0 Å². The number of benzene rings is 1. The Morgan fingerprint density at radius 1 is 1.39 bits per heavy atom. The SMILES string of the molecule is CC(C)(C)CC1CC(CCCOc2ccc(C(=O)NCCO)c(F)c2)CCN1. The van der Waals surface area contributed by atoms with Gasteiger partial charge in [0, 0.05) is 18.7 Å². The van der Waals surface area contributed by atoms with Gasteiger partial charge in [-0.2, -0.15) is 0 Å². The highest BCUT2D eigenvalue weighted by molar-refractivity contribution is 5.94. The molecule has 1 aromatic rings. The minimum absolute atomic E-state index is 0.0413. The summed E-state index contributed by atoms with van der Waals surface area (Å²) >= 11 is 0. The molecule has 0 spiro atoms. The van der Waals surface area contributed by atoms with Crippen LogP contribution in [-0.2, 0) is 0 Å². The first-order valence-electron chi connectivity index (χ1n) is 10.3. The summed E-state index contributed by atoms with van der Waals surface area (Å²) in [6.45, 7) is 8.40. The number of nitrogens with one attached hydrogen (secondary N) is 2. The normalized spacial score (nSPS) is 20.0. The summed E-state index contributed by atoms with van der Waals surface area (Å²) in [5, 5.41) is 14.8. The summed E-state index contributed by atoms with van der Waals surface area (Å²) in [7, 11) is 0. The molecule has 1 fully saturated rings. The summed E-state index contributed by atoms with van der Waals surface area (Å²) in [6.07, 6.45) is 5.66. The van der Waals surface area contributed by atoms with Crippen LogP contribution in [0, 0.1) is 17.2 Å². The van der Waals surface area contributed by atoms with Crippen LogP contribution in [0.25, 0.3) is 0 Å². The second-order valence-corrected chi connectivity index (χ2v) is 8.92. The lowest BCUT2D eigenvalue weighted by atomic mass is 9.81. The molecule has 0 aliphatic carbocycles. The van der Waals surface area contributed by atoms with Crippen molar-refractivity contribution in [1.29, 1.82) is 0 Å². The van der Waals surface area contributed by atoms with Crippen molar-refractivity contribution in [3.63, 3.8) is 0 Å². The molecule has 28 heavy (non-hydrogen) atoms. The standard InChI is InChI=1S/C22H35FN2O3/c1-22(2,3)15-17-13-16(8-9-24-17)5-4-12-28-18-6-7-19(20(23)14-18)21(27)25-10-11-26/h6-7,14,16-17,24,26H,4-5,8-13,15H2,1-3H3,(H,25,27). The predicted octanol–water partition coefficient (Wildman–Crippen LogP) is 3.51. The molecule has 1 amide bonds. The van der Waals surface area contributed by atoms with E-state index in [1.54, 1.807) is 6.07 Å². The molecular formula is C22H35FN2O3. The Kier molecular flexibility index (Phi) is 8.70. The molecule has 2 atom stereocenters. The Morgan fingerprint density at radius 3 is 2.86 bits per heavy atom. The Labute approximate surface area is 168 Å². The van der Waals surface area contributed by atoms with Crippen LogP contribution in [-0.4, -0.2) is 43.4 Å². The van der Waals surface area contributed by atoms with Crippen LogP contribution < -0.4 is 15.4 Å². The van der Waals surface area contributed by atoms with Gasteiger partial charge in [-0.15, -0.1) is 0 Å². The number of carbonyl (C=O) groups is 1. The van der Waals surface area contributed by atoms with Gasteiger partial charge in [0.05, 0.1) is 18.8 Å². The summed E-state index contributed by atoms with van der Waals surface area (Å²) in [4.78, 5) is 11.8. The van der Waals surface area contributed by atoms with Gasteiger partial charge in [0.2, 0.25) is 0 Å². The molecule has 0 saturated carbocycles. The highest BCUT2D eigenvalue weighted by Gasteiger charge is 2.25. The van der Waals surface area contributed by atoms with Crippen molar-refractivity contribution in [2.75, 3.05) is 26.3 Å². The monoisotopic (exact) mass is 394 g/mol. The molecule has 1 aliphatic heterocycles. The molecule has 6 heteroatoms. The van der Waals surface area contributed by atoms with Crippen LogP contribution in [0.5, 0.6) is 5.75 Å². The van der Waals surface area contributed by atoms with E-state index in [1.807, 2.05) is 0 Å². The van der Waals surface area contributed by atoms with Crippen molar-refractivity contribution in [1.82, 2.24) is 10.6 Å². The first kappa shape index (κ1) is 22.6. The lowest BCUT2D eigenvalue weighted by Gasteiger charge is -2.34. The van der Waals surface area contributed by atoms with E-state index in [0.717, 1.165) is 19.4 Å². The molecule has 1 aliphatic rings. The van der Waals surface area contributed by atoms with E-state index in [4.69, 9.17) is 9.84 Å². The first-order chi connectivity index (χ1) is 13.3. The molecule has 5 nitrogen and oxygen atoms in total. The Bertz CT molecular complexity index is 631. The highest BCUT2D eigenvalue weighted by atomic mass is 19.1. The second kappa shape index (κ2) is 10.8. The molecule has 1 saturated heterocycles. The zero-order valence-corrected chi connectivity index (χ0v) is 17.4. The maximum absolute atomic E-state index is 14.1. The lowest BCUT2D eigenvalue weighted by molar-refractivity contribution is 0.0940. The van der Waals surface area contributed by atoms with Gasteiger partial charge in [-0.1, -0.05) is 20.8 Å². The van der Waals surface area contributed by atoms with Crippen molar-refractivity contribution in [2.24, 2.45) is 11.3 Å².